The number of benzene rings is 2. The third-order valence-electron chi connectivity index (χ3n) is 3.45. The van der Waals surface area contributed by atoms with E-state index in [0.717, 1.165) is 11.0 Å². The standard InChI is InChI=1S/C13H9N3O4.C2H6/c1-15-12(17)7-4-2-3-6-10(7)8(13(15)18)5-9(11(6)14)16(19)20;1-2/h2-5H,14H2,1H3;1-2H3. The predicted octanol–water partition coefficient (Wildman–Crippen LogP) is 2.58. The molecule has 1 aliphatic heterocycles. The maximum atomic E-state index is 12.1. The van der Waals surface area contributed by atoms with Gasteiger partial charge in [0.05, 0.1) is 10.5 Å². The maximum absolute atomic E-state index is 12.1. The molecule has 0 aliphatic carbocycles. The molecule has 3 rings (SSSR count). The average Bonchev–Trinajstić information content (AvgIpc) is 2.53. The Morgan fingerprint density at radius 2 is 1.73 bits per heavy atom. The highest BCUT2D eigenvalue weighted by Gasteiger charge is 2.33. The number of nitrogens with zero attached hydrogens (tertiary/aromatic N) is 2. The van der Waals surface area contributed by atoms with Gasteiger partial charge in [-0.2, -0.15) is 0 Å². The van der Waals surface area contributed by atoms with Crippen molar-refractivity contribution in [2.45, 2.75) is 13.8 Å². The van der Waals surface area contributed by atoms with Gasteiger partial charge < -0.3 is 5.73 Å². The fraction of sp³-hybridized carbons (Fsp3) is 0.200. The number of hydrogen-bond donors (Lipinski definition) is 1. The van der Waals surface area contributed by atoms with Gasteiger partial charge in [0.2, 0.25) is 0 Å². The summed E-state index contributed by atoms with van der Waals surface area (Å²) in [5.41, 5.74) is 5.85. The van der Waals surface area contributed by atoms with E-state index in [1.165, 1.54) is 7.05 Å². The summed E-state index contributed by atoms with van der Waals surface area (Å²) >= 11 is 0. The molecule has 114 valence electrons. The Morgan fingerprint density at radius 3 is 2.32 bits per heavy atom. The zero-order chi connectivity index (χ0) is 16.6. The fourth-order valence-electron chi connectivity index (χ4n) is 2.44. The molecule has 0 aromatic heterocycles. The lowest BCUT2D eigenvalue weighted by Gasteiger charge is -2.24. The van der Waals surface area contributed by atoms with Gasteiger partial charge in [-0.3, -0.25) is 24.6 Å². The Bertz CT molecular complexity index is 814. The summed E-state index contributed by atoms with van der Waals surface area (Å²) in [6.45, 7) is 4.00. The minimum atomic E-state index is -0.637. The SMILES string of the molecule is CC.CN1C(=O)c2cccc3c(N)c([N+](=O)[O-])cc(c23)C1=O. The van der Waals surface area contributed by atoms with Gasteiger partial charge in [-0.15, -0.1) is 0 Å². The van der Waals surface area contributed by atoms with E-state index in [1.807, 2.05) is 13.8 Å². The summed E-state index contributed by atoms with van der Waals surface area (Å²) in [6, 6.07) is 5.86. The van der Waals surface area contributed by atoms with E-state index in [0.29, 0.717) is 16.3 Å². The molecule has 2 aromatic carbocycles. The van der Waals surface area contributed by atoms with Gasteiger partial charge in [-0.25, -0.2) is 0 Å². The minimum Gasteiger partial charge on any atom is -0.393 e. The van der Waals surface area contributed by atoms with Gasteiger partial charge in [-0.05, 0) is 6.07 Å². The number of anilines is 1. The van der Waals surface area contributed by atoms with E-state index in [-0.39, 0.29) is 16.9 Å². The van der Waals surface area contributed by atoms with Gasteiger partial charge in [-0.1, -0.05) is 26.0 Å². The number of rotatable bonds is 1. The molecule has 2 aromatic rings. The first-order valence-electron chi connectivity index (χ1n) is 6.75. The van der Waals surface area contributed by atoms with Gasteiger partial charge in [0.25, 0.3) is 17.5 Å². The molecule has 1 aliphatic rings. The second-order valence-electron chi connectivity index (χ2n) is 4.51. The largest absolute Gasteiger partial charge is 0.393 e. The third-order valence-corrected chi connectivity index (χ3v) is 3.45. The summed E-state index contributed by atoms with van der Waals surface area (Å²) in [6.07, 6.45) is 0. The molecule has 2 N–H and O–H groups in total. The van der Waals surface area contributed by atoms with Gasteiger partial charge in [0, 0.05) is 29.4 Å². The monoisotopic (exact) mass is 301 g/mol. The van der Waals surface area contributed by atoms with Crippen LogP contribution < -0.4 is 5.73 Å². The van der Waals surface area contributed by atoms with E-state index in [2.05, 4.69) is 0 Å². The summed E-state index contributed by atoms with van der Waals surface area (Å²) in [4.78, 5) is 35.5. The molecular weight excluding hydrogens is 286 g/mol. The summed E-state index contributed by atoms with van der Waals surface area (Å²) in [5, 5.41) is 11.7. The number of nitro benzene ring substituents is 1. The Kier molecular flexibility index (Phi) is 3.81. The second kappa shape index (κ2) is 5.44. The lowest BCUT2D eigenvalue weighted by Crippen LogP contribution is -2.37. The van der Waals surface area contributed by atoms with Crippen molar-refractivity contribution >= 4 is 34.0 Å². The summed E-state index contributed by atoms with van der Waals surface area (Å²) in [5.74, 6) is -1.01. The molecule has 0 saturated heterocycles. The molecule has 7 nitrogen and oxygen atoms in total. The van der Waals surface area contributed by atoms with Crippen molar-refractivity contribution in [2.75, 3.05) is 12.8 Å². The molecule has 22 heavy (non-hydrogen) atoms. The van der Waals surface area contributed by atoms with Crippen molar-refractivity contribution in [3.63, 3.8) is 0 Å². The number of hydrogen-bond acceptors (Lipinski definition) is 5. The molecule has 7 heteroatoms. The number of carbonyl (C=O) groups is 2. The second-order valence-corrected chi connectivity index (χ2v) is 4.51. The molecule has 1 heterocycles. The van der Waals surface area contributed by atoms with Crippen molar-refractivity contribution < 1.29 is 14.5 Å². The topological polar surface area (TPSA) is 107 Å². The highest BCUT2D eigenvalue weighted by Crippen LogP contribution is 2.38. The zero-order valence-electron chi connectivity index (χ0n) is 12.4. The number of nitrogen functional groups attached to an aromatic ring is 1. The van der Waals surface area contributed by atoms with Crippen LogP contribution in [0.25, 0.3) is 10.8 Å². The van der Waals surface area contributed by atoms with Crippen LogP contribution in [0.15, 0.2) is 24.3 Å². The van der Waals surface area contributed by atoms with E-state index in [4.69, 9.17) is 5.73 Å². The van der Waals surface area contributed by atoms with Crippen LogP contribution in [0.5, 0.6) is 0 Å². The quantitative estimate of drug-likeness (QED) is 0.377. The van der Waals surface area contributed by atoms with E-state index < -0.39 is 16.7 Å². The molecule has 0 radical (unpaired) electrons. The predicted molar refractivity (Wildman–Crippen MR) is 82.8 cm³/mol. The smallest absolute Gasteiger partial charge is 0.293 e. The van der Waals surface area contributed by atoms with Crippen molar-refractivity contribution in [3.05, 3.63) is 45.5 Å². The zero-order valence-corrected chi connectivity index (χ0v) is 12.4. The van der Waals surface area contributed by atoms with Gasteiger partial charge >= 0.3 is 0 Å². The van der Waals surface area contributed by atoms with E-state index in [1.54, 1.807) is 18.2 Å². The number of carbonyl (C=O) groups excluding carboxylic acids is 2. The first kappa shape index (κ1) is 15.4. The van der Waals surface area contributed by atoms with Crippen LogP contribution >= 0.6 is 0 Å². The van der Waals surface area contributed by atoms with Crippen molar-refractivity contribution in [1.82, 2.24) is 4.90 Å². The molecule has 0 bridgehead atoms. The molecule has 2 amide bonds. The van der Waals surface area contributed by atoms with Crippen LogP contribution in [0, 0.1) is 10.1 Å². The van der Waals surface area contributed by atoms with Crippen LogP contribution in [0.1, 0.15) is 34.6 Å². The average molecular weight is 301 g/mol. The van der Waals surface area contributed by atoms with Crippen LogP contribution in [0.4, 0.5) is 11.4 Å². The van der Waals surface area contributed by atoms with E-state index in [9.17, 15) is 19.7 Å². The van der Waals surface area contributed by atoms with Crippen molar-refractivity contribution in [3.8, 4) is 0 Å². The van der Waals surface area contributed by atoms with Crippen LogP contribution in [0.2, 0.25) is 0 Å². The van der Waals surface area contributed by atoms with Crippen molar-refractivity contribution in [1.29, 1.82) is 0 Å². The fourth-order valence-corrected chi connectivity index (χ4v) is 2.44. The molecule has 0 unspecified atom stereocenters. The van der Waals surface area contributed by atoms with Crippen LogP contribution in [0.3, 0.4) is 0 Å². The molecule has 0 saturated carbocycles. The summed E-state index contributed by atoms with van der Waals surface area (Å²) < 4.78 is 0. The minimum absolute atomic E-state index is 0.0410. The normalized spacial score (nSPS) is 13.0. The Balaban J connectivity index is 0.000000847. The first-order chi connectivity index (χ1) is 10.4. The van der Waals surface area contributed by atoms with Gasteiger partial charge in [0.15, 0.2) is 0 Å². The Labute approximate surface area is 126 Å². The van der Waals surface area contributed by atoms with Crippen LogP contribution in [-0.4, -0.2) is 28.7 Å². The Hall–Kier alpha value is -2.96. The number of imide groups is 1. The highest BCUT2D eigenvalue weighted by molar-refractivity contribution is 6.27. The van der Waals surface area contributed by atoms with Crippen LogP contribution in [-0.2, 0) is 0 Å². The number of nitrogens with two attached hydrogens (primary N) is 1. The van der Waals surface area contributed by atoms with E-state index >= 15 is 0 Å². The maximum Gasteiger partial charge on any atom is 0.293 e. The summed E-state index contributed by atoms with van der Waals surface area (Å²) in [7, 11) is 1.34. The lowest BCUT2D eigenvalue weighted by atomic mass is 9.92. The molecule has 0 fully saturated rings. The van der Waals surface area contributed by atoms with Gasteiger partial charge in [0.1, 0.15) is 5.69 Å². The Morgan fingerprint density at radius 1 is 1.14 bits per heavy atom. The highest BCUT2D eigenvalue weighted by atomic mass is 16.6. The van der Waals surface area contributed by atoms with Crippen molar-refractivity contribution in [2.24, 2.45) is 0 Å². The number of nitro groups is 1. The first-order valence-corrected chi connectivity index (χ1v) is 6.75. The number of amides is 2. The molecule has 0 atom stereocenters. The molecule has 0 spiro atoms. The lowest BCUT2D eigenvalue weighted by molar-refractivity contribution is -0.383. The third kappa shape index (κ3) is 1.98. The molecular formula is C15H15N3O4.